The molecule has 0 amide bonds. The summed E-state index contributed by atoms with van der Waals surface area (Å²) in [6.07, 6.45) is 1.89. The van der Waals surface area contributed by atoms with Gasteiger partial charge in [-0.05, 0) is 25.0 Å². The first-order valence-corrected chi connectivity index (χ1v) is 5.46. The molecule has 0 bridgehead atoms. The van der Waals surface area contributed by atoms with E-state index < -0.39 is 0 Å². The van der Waals surface area contributed by atoms with Crippen LogP contribution in [-0.4, -0.2) is 12.6 Å². The van der Waals surface area contributed by atoms with Crippen molar-refractivity contribution in [3.8, 4) is 0 Å². The van der Waals surface area contributed by atoms with Crippen molar-refractivity contribution in [1.29, 1.82) is 0 Å². The maximum absolute atomic E-state index is 11.6. The minimum atomic E-state index is -0.336. The number of esters is 1. The van der Waals surface area contributed by atoms with E-state index in [0.29, 0.717) is 17.2 Å². The summed E-state index contributed by atoms with van der Waals surface area (Å²) >= 11 is 6.00. The van der Waals surface area contributed by atoms with Gasteiger partial charge in [-0.25, -0.2) is 4.79 Å². The molecule has 3 heteroatoms. The Balaban J connectivity index is 2.69. The number of carbonyl (C=O) groups is 1. The number of ether oxygens (including phenoxy) is 1. The highest BCUT2D eigenvalue weighted by Gasteiger charge is 2.12. The third kappa shape index (κ3) is 3.24. The van der Waals surface area contributed by atoms with Crippen molar-refractivity contribution in [2.75, 3.05) is 6.61 Å². The molecule has 0 spiro atoms. The zero-order valence-corrected chi connectivity index (χ0v) is 9.80. The molecule has 1 aromatic carbocycles. The highest BCUT2D eigenvalue weighted by molar-refractivity contribution is 6.34. The molecule has 0 aliphatic heterocycles. The number of carbonyl (C=O) groups excluding carboxylic acids is 1. The zero-order chi connectivity index (χ0) is 11.3. The van der Waals surface area contributed by atoms with E-state index in [2.05, 4.69) is 0 Å². The fourth-order valence-corrected chi connectivity index (χ4v) is 1.40. The van der Waals surface area contributed by atoms with E-state index in [4.69, 9.17) is 16.3 Å². The summed E-state index contributed by atoms with van der Waals surface area (Å²) in [6.45, 7) is 4.37. The van der Waals surface area contributed by atoms with Crippen molar-refractivity contribution < 1.29 is 9.53 Å². The molecule has 2 nitrogen and oxygen atoms in total. The van der Waals surface area contributed by atoms with Crippen molar-refractivity contribution in [1.82, 2.24) is 0 Å². The molecule has 0 aliphatic carbocycles. The molecule has 1 rings (SSSR count). The van der Waals surface area contributed by atoms with Crippen LogP contribution in [0, 0.1) is 6.92 Å². The largest absolute Gasteiger partial charge is 0.462 e. The van der Waals surface area contributed by atoms with Crippen molar-refractivity contribution >= 4 is 17.6 Å². The second-order valence-electron chi connectivity index (χ2n) is 3.43. The van der Waals surface area contributed by atoms with E-state index in [0.717, 1.165) is 18.4 Å². The van der Waals surface area contributed by atoms with Crippen LogP contribution in [-0.2, 0) is 4.74 Å². The summed E-state index contributed by atoms with van der Waals surface area (Å²) in [7, 11) is 0. The SMILES string of the molecule is CCCCOC(=O)c1cccc(C)c1Cl. The van der Waals surface area contributed by atoms with E-state index in [1.54, 1.807) is 12.1 Å². The monoisotopic (exact) mass is 226 g/mol. The highest BCUT2D eigenvalue weighted by atomic mass is 35.5. The molecule has 0 fully saturated rings. The Bertz CT molecular complexity index is 347. The minimum Gasteiger partial charge on any atom is -0.462 e. The van der Waals surface area contributed by atoms with E-state index in [1.165, 1.54) is 0 Å². The first-order chi connectivity index (χ1) is 7.16. The molecule has 0 unspecified atom stereocenters. The molecule has 82 valence electrons. The van der Waals surface area contributed by atoms with Gasteiger partial charge in [0.2, 0.25) is 0 Å². The molecule has 0 aliphatic rings. The number of hydrogen-bond acceptors (Lipinski definition) is 2. The smallest absolute Gasteiger partial charge is 0.339 e. The molecule has 0 atom stereocenters. The second-order valence-corrected chi connectivity index (χ2v) is 3.80. The van der Waals surface area contributed by atoms with Crippen molar-refractivity contribution in [3.05, 3.63) is 34.3 Å². The van der Waals surface area contributed by atoms with Gasteiger partial charge in [-0.15, -0.1) is 0 Å². The van der Waals surface area contributed by atoms with Gasteiger partial charge in [0.25, 0.3) is 0 Å². The first-order valence-electron chi connectivity index (χ1n) is 5.09. The van der Waals surface area contributed by atoms with Gasteiger partial charge in [0.15, 0.2) is 0 Å². The Morgan fingerprint density at radius 1 is 1.47 bits per heavy atom. The summed E-state index contributed by atoms with van der Waals surface area (Å²) < 4.78 is 5.08. The van der Waals surface area contributed by atoms with Crippen LogP contribution >= 0.6 is 11.6 Å². The topological polar surface area (TPSA) is 26.3 Å². The van der Waals surface area contributed by atoms with Crippen LogP contribution in [0.15, 0.2) is 18.2 Å². The Kier molecular flexibility index (Phi) is 4.63. The molecule has 15 heavy (non-hydrogen) atoms. The normalized spacial score (nSPS) is 10.1. The molecule has 0 aromatic heterocycles. The van der Waals surface area contributed by atoms with E-state index in [1.807, 2.05) is 19.9 Å². The average molecular weight is 227 g/mol. The molecular weight excluding hydrogens is 212 g/mol. The Morgan fingerprint density at radius 3 is 2.87 bits per heavy atom. The third-order valence-electron chi connectivity index (χ3n) is 2.14. The molecule has 0 radical (unpaired) electrons. The highest BCUT2D eigenvalue weighted by Crippen LogP contribution is 2.20. The van der Waals surface area contributed by atoms with Gasteiger partial charge in [0, 0.05) is 0 Å². The molecule has 0 heterocycles. The predicted molar refractivity (Wildman–Crippen MR) is 61.4 cm³/mol. The van der Waals surface area contributed by atoms with Crippen LogP contribution in [0.2, 0.25) is 5.02 Å². The molecular formula is C12H15ClO2. The number of aryl methyl sites for hydroxylation is 1. The summed E-state index contributed by atoms with van der Waals surface area (Å²) in [5.41, 5.74) is 1.34. The zero-order valence-electron chi connectivity index (χ0n) is 9.05. The van der Waals surface area contributed by atoms with Gasteiger partial charge in [-0.1, -0.05) is 37.1 Å². The maximum atomic E-state index is 11.6. The molecule has 0 N–H and O–H groups in total. The van der Waals surface area contributed by atoms with Crippen LogP contribution in [0.5, 0.6) is 0 Å². The van der Waals surface area contributed by atoms with E-state index >= 15 is 0 Å². The van der Waals surface area contributed by atoms with Gasteiger partial charge in [0.1, 0.15) is 0 Å². The lowest BCUT2D eigenvalue weighted by Gasteiger charge is -2.06. The quantitative estimate of drug-likeness (QED) is 0.579. The standard InChI is InChI=1S/C12H15ClO2/c1-3-4-8-15-12(14)10-7-5-6-9(2)11(10)13/h5-7H,3-4,8H2,1-2H3. The number of hydrogen-bond donors (Lipinski definition) is 0. The molecule has 0 saturated carbocycles. The summed E-state index contributed by atoms with van der Waals surface area (Å²) in [6, 6.07) is 5.35. The fourth-order valence-electron chi connectivity index (χ4n) is 1.19. The second kappa shape index (κ2) is 5.76. The Hall–Kier alpha value is -1.02. The molecule has 0 saturated heterocycles. The van der Waals surface area contributed by atoms with Gasteiger partial charge in [0.05, 0.1) is 17.2 Å². The minimum absolute atomic E-state index is 0.336. The third-order valence-corrected chi connectivity index (χ3v) is 2.64. The Morgan fingerprint density at radius 2 is 2.20 bits per heavy atom. The summed E-state index contributed by atoms with van der Waals surface area (Å²) in [5, 5.41) is 0.485. The van der Waals surface area contributed by atoms with Crippen LogP contribution in [0.1, 0.15) is 35.7 Å². The number of rotatable bonds is 4. The van der Waals surface area contributed by atoms with E-state index in [9.17, 15) is 4.79 Å². The summed E-state index contributed by atoms with van der Waals surface area (Å²) in [5.74, 6) is -0.336. The number of benzene rings is 1. The van der Waals surface area contributed by atoms with Gasteiger partial charge in [-0.3, -0.25) is 0 Å². The lowest BCUT2D eigenvalue weighted by Crippen LogP contribution is -2.07. The van der Waals surface area contributed by atoms with Gasteiger partial charge in [-0.2, -0.15) is 0 Å². The maximum Gasteiger partial charge on any atom is 0.339 e. The summed E-state index contributed by atoms with van der Waals surface area (Å²) in [4.78, 5) is 11.6. The van der Waals surface area contributed by atoms with Crippen molar-refractivity contribution in [2.24, 2.45) is 0 Å². The van der Waals surface area contributed by atoms with Crippen LogP contribution < -0.4 is 0 Å². The van der Waals surface area contributed by atoms with Crippen LogP contribution in [0.25, 0.3) is 0 Å². The van der Waals surface area contributed by atoms with Crippen molar-refractivity contribution in [3.63, 3.8) is 0 Å². The molecule has 1 aromatic rings. The lowest BCUT2D eigenvalue weighted by atomic mass is 10.1. The van der Waals surface area contributed by atoms with Crippen LogP contribution in [0.3, 0.4) is 0 Å². The van der Waals surface area contributed by atoms with Crippen molar-refractivity contribution in [2.45, 2.75) is 26.7 Å². The van der Waals surface area contributed by atoms with Gasteiger partial charge < -0.3 is 4.74 Å². The predicted octanol–water partition coefficient (Wildman–Crippen LogP) is 3.61. The lowest BCUT2D eigenvalue weighted by molar-refractivity contribution is 0.0500. The van der Waals surface area contributed by atoms with Crippen LogP contribution in [0.4, 0.5) is 0 Å². The average Bonchev–Trinajstić information content (AvgIpc) is 2.22. The number of unbranched alkanes of at least 4 members (excludes halogenated alkanes) is 1. The van der Waals surface area contributed by atoms with Gasteiger partial charge >= 0.3 is 5.97 Å². The Labute approximate surface area is 95.2 Å². The fraction of sp³-hybridized carbons (Fsp3) is 0.417. The number of halogens is 1. The first kappa shape index (κ1) is 12.1. The van der Waals surface area contributed by atoms with E-state index in [-0.39, 0.29) is 5.97 Å².